The Hall–Kier alpha value is -1.06. The summed E-state index contributed by atoms with van der Waals surface area (Å²) in [5, 5.41) is 9.56. The number of unbranched alkanes of at least 4 members (excludes halogenated alkanes) is 16. The maximum Gasteiger partial charge on any atom is 0.310 e. The van der Waals surface area contributed by atoms with Crippen molar-refractivity contribution < 1.29 is 19.4 Å². The minimum Gasteiger partial charge on any atom is -0.481 e. The van der Waals surface area contributed by atoms with Crippen LogP contribution in [0, 0.1) is 11.8 Å². The van der Waals surface area contributed by atoms with Crippen LogP contribution in [-0.2, 0) is 14.3 Å². The molecule has 0 aromatic carbocycles. The topological polar surface area (TPSA) is 63.6 Å². The molecule has 1 aliphatic carbocycles. The molecule has 0 aromatic heterocycles. The Morgan fingerprint density at radius 3 is 1.40 bits per heavy atom. The van der Waals surface area contributed by atoms with Gasteiger partial charge in [0.2, 0.25) is 0 Å². The summed E-state index contributed by atoms with van der Waals surface area (Å²) in [6.45, 7) is 4.51. The van der Waals surface area contributed by atoms with E-state index in [9.17, 15) is 14.7 Å². The summed E-state index contributed by atoms with van der Waals surface area (Å²) in [4.78, 5) is 24.6. The first-order valence-corrected chi connectivity index (χ1v) is 15.5. The van der Waals surface area contributed by atoms with E-state index in [0.29, 0.717) is 12.8 Å². The zero-order valence-corrected chi connectivity index (χ0v) is 23.4. The molecule has 206 valence electrons. The van der Waals surface area contributed by atoms with Gasteiger partial charge in [-0.3, -0.25) is 9.59 Å². The van der Waals surface area contributed by atoms with Crippen molar-refractivity contribution in [3.8, 4) is 0 Å². The van der Waals surface area contributed by atoms with Crippen molar-refractivity contribution in [2.75, 3.05) is 0 Å². The molecule has 4 heteroatoms. The lowest BCUT2D eigenvalue weighted by Crippen LogP contribution is -2.35. The predicted octanol–water partition coefficient (Wildman–Crippen LogP) is 9.63. The summed E-state index contributed by atoms with van der Waals surface area (Å²) in [5.74, 6) is -2.08. The molecular weight excluding hydrogens is 436 g/mol. The maximum atomic E-state index is 12.9. The second kappa shape index (κ2) is 22.2. The van der Waals surface area contributed by atoms with Crippen LogP contribution < -0.4 is 0 Å². The van der Waals surface area contributed by atoms with Crippen LogP contribution in [0.15, 0.2) is 0 Å². The van der Waals surface area contributed by atoms with Gasteiger partial charge in [-0.05, 0) is 38.5 Å². The number of hydrogen-bond donors (Lipinski definition) is 1. The minimum absolute atomic E-state index is 0.0342. The normalized spacial score (nSPS) is 18.9. The lowest BCUT2D eigenvalue weighted by atomic mass is 9.79. The fourth-order valence-electron chi connectivity index (χ4n) is 5.59. The second-order valence-corrected chi connectivity index (χ2v) is 11.1. The summed E-state index contributed by atoms with van der Waals surface area (Å²) in [7, 11) is 0. The Balaban J connectivity index is 2.34. The Labute approximate surface area is 217 Å². The van der Waals surface area contributed by atoms with E-state index in [1.807, 2.05) is 0 Å². The van der Waals surface area contributed by atoms with Crippen molar-refractivity contribution in [3.63, 3.8) is 0 Å². The first kappa shape index (κ1) is 32.0. The van der Waals surface area contributed by atoms with Crippen LogP contribution in [0.5, 0.6) is 0 Å². The number of carboxylic acid groups (broad SMARTS) is 1. The Kier molecular flexibility index (Phi) is 20.2. The molecule has 0 radical (unpaired) electrons. The van der Waals surface area contributed by atoms with E-state index in [2.05, 4.69) is 13.8 Å². The third-order valence-corrected chi connectivity index (χ3v) is 7.93. The molecule has 1 aliphatic rings. The number of aliphatic carboxylic acids is 1. The maximum absolute atomic E-state index is 12.9. The van der Waals surface area contributed by atoms with Crippen LogP contribution in [0.25, 0.3) is 0 Å². The third kappa shape index (κ3) is 16.3. The van der Waals surface area contributed by atoms with Gasteiger partial charge in [-0.25, -0.2) is 0 Å². The van der Waals surface area contributed by atoms with Crippen LogP contribution in [0.4, 0.5) is 0 Å². The highest BCUT2D eigenvalue weighted by Crippen LogP contribution is 2.32. The van der Waals surface area contributed by atoms with E-state index in [0.717, 1.165) is 38.5 Å². The van der Waals surface area contributed by atoms with Crippen LogP contribution in [0.3, 0.4) is 0 Å². The minimum atomic E-state index is -0.833. The average molecular weight is 495 g/mol. The van der Waals surface area contributed by atoms with Crippen LogP contribution in [0.1, 0.15) is 168 Å². The van der Waals surface area contributed by atoms with Gasteiger partial charge in [0, 0.05) is 0 Å². The van der Waals surface area contributed by atoms with Crippen molar-refractivity contribution >= 4 is 11.9 Å². The molecule has 3 atom stereocenters. The SMILES string of the molecule is CCCCCCCCCCCCCC(CCCCCCCCC)OC(=O)C1CCCCC1C(=O)O. The lowest BCUT2D eigenvalue weighted by molar-refractivity contribution is -0.164. The molecule has 0 spiro atoms. The lowest BCUT2D eigenvalue weighted by Gasteiger charge is -2.29. The van der Waals surface area contributed by atoms with Gasteiger partial charge in [-0.2, -0.15) is 0 Å². The zero-order chi connectivity index (χ0) is 25.6. The molecule has 1 saturated carbocycles. The smallest absolute Gasteiger partial charge is 0.310 e. The van der Waals surface area contributed by atoms with Gasteiger partial charge >= 0.3 is 11.9 Å². The summed E-state index contributed by atoms with van der Waals surface area (Å²) in [6, 6.07) is 0. The van der Waals surface area contributed by atoms with Gasteiger partial charge in [-0.15, -0.1) is 0 Å². The van der Waals surface area contributed by atoms with E-state index in [1.165, 1.54) is 103 Å². The first-order valence-electron chi connectivity index (χ1n) is 15.5. The summed E-state index contributed by atoms with van der Waals surface area (Å²) in [5.41, 5.74) is 0. The van der Waals surface area contributed by atoms with Crippen molar-refractivity contribution in [1.82, 2.24) is 0 Å². The number of hydrogen-bond acceptors (Lipinski definition) is 3. The van der Waals surface area contributed by atoms with E-state index in [-0.39, 0.29) is 12.1 Å². The fraction of sp³-hybridized carbons (Fsp3) is 0.935. The van der Waals surface area contributed by atoms with Crippen molar-refractivity contribution in [3.05, 3.63) is 0 Å². The van der Waals surface area contributed by atoms with Crippen LogP contribution in [0.2, 0.25) is 0 Å². The first-order chi connectivity index (χ1) is 17.1. The van der Waals surface area contributed by atoms with Crippen molar-refractivity contribution in [1.29, 1.82) is 0 Å². The Morgan fingerprint density at radius 2 is 1.00 bits per heavy atom. The molecule has 0 saturated heterocycles. The molecule has 0 aliphatic heterocycles. The van der Waals surface area contributed by atoms with Gasteiger partial charge in [0.25, 0.3) is 0 Å². The Bertz CT molecular complexity index is 518. The molecule has 0 heterocycles. The third-order valence-electron chi connectivity index (χ3n) is 7.93. The number of carbonyl (C=O) groups excluding carboxylic acids is 1. The van der Waals surface area contributed by atoms with E-state index in [1.54, 1.807) is 0 Å². The van der Waals surface area contributed by atoms with Gasteiger partial charge in [0.15, 0.2) is 0 Å². The molecule has 3 unspecified atom stereocenters. The van der Waals surface area contributed by atoms with E-state index < -0.39 is 17.8 Å². The highest BCUT2D eigenvalue weighted by atomic mass is 16.5. The van der Waals surface area contributed by atoms with Crippen molar-refractivity contribution in [2.45, 2.75) is 174 Å². The zero-order valence-electron chi connectivity index (χ0n) is 23.4. The molecule has 0 bridgehead atoms. The highest BCUT2D eigenvalue weighted by molar-refractivity contribution is 5.81. The molecule has 1 rings (SSSR count). The summed E-state index contributed by atoms with van der Waals surface area (Å²) in [6.07, 6.45) is 28.2. The van der Waals surface area contributed by atoms with Gasteiger partial charge < -0.3 is 9.84 Å². The molecule has 1 fully saturated rings. The molecule has 0 amide bonds. The van der Waals surface area contributed by atoms with Gasteiger partial charge in [-0.1, -0.05) is 129 Å². The average Bonchev–Trinajstić information content (AvgIpc) is 2.86. The molecular formula is C31H58O4. The number of carbonyl (C=O) groups is 2. The number of rotatable bonds is 23. The fourth-order valence-corrected chi connectivity index (χ4v) is 5.59. The van der Waals surface area contributed by atoms with Gasteiger partial charge in [0.1, 0.15) is 6.10 Å². The molecule has 0 aromatic rings. The Morgan fingerprint density at radius 1 is 0.629 bits per heavy atom. The number of esters is 1. The highest BCUT2D eigenvalue weighted by Gasteiger charge is 2.37. The van der Waals surface area contributed by atoms with E-state index >= 15 is 0 Å². The van der Waals surface area contributed by atoms with Crippen molar-refractivity contribution in [2.24, 2.45) is 11.8 Å². The van der Waals surface area contributed by atoms with Crippen LogP contribution >= 0.6 is 0 Å². The summed E-state index contributed by atoms with van der Waals surface area (Å²) >= 11 is 0. The largest absolute Gasteiger partial charge is 0.481 e. The second-order valence-electron chi connectivity index (χ2n) is 11.1. The summed E-state index contributed by atoms with van der Waals surface area (Å²) < 4.78 is 6.01. The van der Waals surface area contributed by atoms with Crippen LogP contribution in [-0.4, -0.2) is 23.1 Å². The molecule has 4 nitrogen and oxygen atoms in total. The van der Waals surface area contributed by atoms with Gasteiger partial charge in [0.05, 0.1) is 11.8 Å². The number of carboxylic acids is 1. The number of ether oxygens (including phenoxy) is 1. The standard InChI is InChI=1S/C31H58O4/c1-3-5-7-9-11-12-13-14-16-18-20-24-27(23-19-17-15-10-8-6-4-2)35-31(34)29-26-22-21-25-28(29)30(32)33/h27-29H,3-26H2,1-2H3,(H,32,33). The quantitative estimate of drug-likeness (QED) is 0.113. The van der Waals surface area contributed by atoms with E-state index in [4.69, 9.17) is 4.74 Å². The molecule has 35 heavy (non-hydrogen) atoms. The molecule has 1 N–H and O–H groups in total. The predicted molar refractivity (Wildman–Crippen MR) is 147 cm³/mol. The monoisotopic (exact) mass is 494 g/mol.